The molecule has 1 aliphatic rings. The summed E-state index contributed by atoms with van der Waals surface area (Å²) >= 11 is 6.40. The maximum atomic E-state index is 12.4. The van der Waals surface area contributed by atoms with Gasteiger partial charge in [0.25, 0.3) is 0 Å². The highest BCUT2D eigenvalue weighted by Gasteiger charge is 2.32. The van der Waals surface area contributed by atoms with E-state index in [-0.39, 0.29) is 18.3 Å². The number of nitrogens with zero attached hydrogens (tertiary/aromatic N) is 1. The van der Waals surface area contributed by atoms with Crippen LogP contribution in [-0.4, -0.2) is 62.6 Å². The summed E-state index contributed by atoms with van der Waals surface area (Å²) in [5.74, 6) is 1.08. The summed E-state index contributed by atoms with van der Waals surface area (Å²) in [4.78, 5) is 24.6. The summed E-state index contributed by atoms with van der Waals surface area (Å²) < 4.78 is 27.9. The molecule has 3 rings (SSSR count). The quantitative estimate of drug-likeness (QED) is 0.108. The molecule has 2 amide bonds. The van der Waals surface area contributed by atoms with Gasteiger partial charge in [0.05, 0.1) is 49.3 Å². The lowest BCUT2D eigenvalue weighted by atomic mass is 9.95. The third-order valence-electron chi connectivity index (χ3n) is 5.79. The first-order chi connectivity index (χ1) is 20.1. The molecule has 0 fully saturated rings. The molecule has 0 aliphatic carbocycles. The highest BCUT2D eigenvalue weighted by Crippen LogP contribution is 2.37. The topological polar surface area (TPSA) is 149 Å². The van der Waals surface area contributed by atoms with E-state index in [1.54, 1.807) is 37.3 Å². The maximum absolute atomic E-state index is 12.4. The van der Waals surface area contributed by atoms with Gasteiger partial charge in [-0.2, -0.15) is 5.10 Å². The van der Waals surface area contributed by atoms with Crippen molar-refractivity contribution in [3.05, 3.63) is 57.8 Å². The Bertz CT molecular complexity index is 1330. The largest absolute Gasteiger partial charge is 0.490 e. The monoisotopic (exact) mass is 604 g/mol. The third-order valence-corrected chi connectivity index (χ3v) is 6.08. The van der Waals surface area contributed by atoms with Crippen molar-refractivity contribution in [3.8, 4) is 23.0 Å². The van der Waals surface area contributed by atoms with E-state index in [2.05, 4.69) is 21.2 Å². The molecule has 0 radical (unpaired) electrons. The van der Waals surface area contributed by atoms with Crippen molar-refractivity contribution >= 4 is 29.8 Å². The van der Waals surface area contributed by atoms with Gasteiger partial charge in [0.15, 0.2) is 29.2 Å². The number of nitrogens with one attached hydrogen (secondary N) is 3. The molecule has 12 nitrogen and oxygen atoms in total. The molecule has 2 aromatic carbocycles. The molecule has 42 heavy (non-hydrogen) atoms. The molecule has 228 valence electrons. The number of amides is 2. The van der Waals surface area contributed by atoms with E-state index in [1.807, 2.05) is 27.7 Å². The van der Waals surface area contributed by atoms with Crippen LogP contribution in [0.4, 0.5) is 4.79 Å². The van der Waals surface area contributed by atoms with Crippen molar-refractivity contribution in [1.82, 2.24) is 16.1 Å². The number of hydrazone groups is 1. The number of halogens is 1. The summed E-state index contributed by atoms with van der Waals surface area (Å²) in [5, 5.41) is 20.2. The first-order valence-corrected chi connectivity index (χ1v) is 13.8. The second-order valence-electron chi connectivity index (χ2n) is 9.34. The van der Waals surface area contributed by atoms with Crippen LogP contribution in [0.25, 0.3) is 0 Å². The van der Waals surface area contributed by atoms with Crippen molar-refractivity contribution in [2.75, 3.05) is 26.9 Å². The predicted octanol–water partition coefficient (Wildman–Crippen LogP) is 4.05. The van der Waals surface area contributed by atoms with Crippen LogP contribution >= 0.6 is 11.6 Å². The van der Waals surface area contributed by atoms with Gasteiger partial charge in [0, 0.05) is 5.70 Å². The zero-order valence-electron chi connectivity index (χ0n) is 24.4. The van der Waals surface area contributed by atoms with Crippen molar-refractivity contribution in [1.29, 1.82) is 0 Å². The second-order valence-corrected chi connectivity index (χ2v) is 9.75. The van der Waals surface area contributed by atoms with Crippen LogP contribution < -0.4 is 35.0 Å². The number of ether oxygens (including phenoxy) is 5. The van der Waals surface area contributed by atoms with Crippen LogP contribution in [0.2, 0.25) is 5.02 Å². The molecule has 0 spiro atoms. The third kappa shape index (κ3) is 8.43. The fourth-order valence-corrected chi connectivity index (χ4v) is 4.36. The molecule has 2 atom stereocenters. The van der Waals surface area contributed by atoms with E-state index in [0.717, 1.165) is 0 Å². The minimum atomic E-state index is -1.17. The molecule has 13 heteroatoms. The van der Waals surface area contributed by atoms with Crippen molar-refractivity contribution in [2.45, 2.75) is 53.0 Å². The van der Waals surface area contributed by atoms with E-state index in [9.17, 15) is 14.7 Å². The second kappa shape index (κ2) is 15.2. The van der Waals surface area contributed by atoms with Gasteiger partial charge in [0.1, 0.15) is 6.61 Å². The molecule has 0 saturated heterocycles. The van der Waals surface area contributed by atoms with Gasteiger partial charge in [-0.3, -0.25) is 5.43 Å². The van der Waals surface area contributed by atoms with Gasteiger partial charge in [0.2, 0.25) is 0 Å². The summed E-state index contributed by atoms with van der Waals surface area (Å²) in [6, 6.07) is 7.19. The van der Waals surface area contributed by atoms with E-state index >= 15 is 0 Å². The molecule has 1 heterocycles. The van der Waals surface area contributed by atoms with Gasteiger partial charge in [-0.25, -0.2) is 9.59 Å². The average molecular weight is 605 g/mol. The SMILES string of the molecule is CCOc1cc([C@@H]2NC(=O)NC(C)=C2C(=O)OC)ccc1OC[C@@H](O)N/N=C/c1cc(Cl)c(OC(C)C)c(OCC)c1. The smallest absolute Gasteiger partial charge is 0.337 e. The number of methoxy groups -OCH3 is 1. The average Bonchev–Trinajstić information content (AvgIpc) is 2.93. The lowest BCUT2D eigenvalue weighted by molar-refractivity contribution is -0.136. The summed E-state index contributed by atoms with van der Waals surface area (Å²) in [5.41, 5.74) is 4.47. The Labute approximate surface area is 250 Å². The molecule has 4 N–H and O–H groups in total. The molecular formula is C29H37ClN4O8. The van der Waals surface area contributed by atoms with Crippen LogP contribution in [0.15, 0.2) is 46.7 Å². The van der Waals surface area contributed by atoms with Gasteiger partial charge >= 0.3 is 12.0 Å². The maximum Gasteiger partial charge on any atom is 0.337 e. The molecule has 0 saturated carbocycles. The number of hydrogen-bond donors (Lipinski definition) is 4. The zero-order chi connectivity index (χ0) is 30.8. The fourth-order valence-electron chi connectivity index (χ4n) is 4.10. The highest BCUT2D eigenvalue weighted by molar-refractivity contribution is 6.32. The molecular weight excluding hydrogens is 568 g/mol. The number of benzene rings is 2. The number of hydrogen-bond acceptors (Lipinski definition) is 10. The van der Waals surface area contributed by atoms with E-state index in [1.165, 1.54) is 13.3 Å². The number of aliphatic hydroxyl groups excluding tert-OH is 1. The van der Waals surface area contributed by atoms with Gasteiger partial charge in [-0.05, 0) is 70.0 Å². The summed E-state index contributed by atoms with van der Waals surface area (Å²) in [7, 11) is 1.27. The Balaban J connectivity index is 1.70. The molecule has 2 aromatic rings. The normalized spacial score (nSPS) is 15.6. The Morgan fingerprint density at radius 2 is 1.83 bits per heavy atom. The summed E-state index contributed by atoms with van der Waals surface area (Å²) in [6.07, 6.45) is 0.237. The van der Waals surface area contributed by atoms with Gasteiger partial charge < -0.3 is 39.4 Å². The number of esters is 1. The lowest BCUT2D eigenvalue weighted by Crippen LogP contribution is -2.45. The van der Waals surface area contributed by atoms with Crippen LogP contribution in [0, 0.1) is 0 Å². The van der Waals surface area contributed by atoms with Gasteiger partial charge in [-0.1, -0.05) is 17.7 Å². The van der Waals surface area contributed by atoms with E-state index in [4.69, 9.17) is 35.3 Å². The van der Waals surface area contributed by atoms with Crippen molar-refractivity contribution in [2.24, 2.45) is 5.10 Å². The lowest BCUT2D eigenvalue weighted by Gasteiger charge is -2.28. The van der Waals surface area contributed by atoms with Crippen LogP contribution in [-0.2, 0) is 9.53 Å². The Hall–Kier alpha value is -4.16. The minimum absolute atomic E-state index is 0.0822. The number of urea groups is 1. The van der Waals surface area contributed by atoms with Crippen LogP contribution in [0.1, 0.15) is 51.8 Å². The number of rotatable bonds is 14. The fraction of sp³-hybridized carbons (Fsp3) is 0.414. The number of carbonyl (C=O) groups excluding carboxylic acids is 2. The van der Waals surface area contributed by atoms with Gasteiger partial charge in [-0.15, -0.1) is 0 Å². The Kier molecular flexibility index (Phi) is 11.7. The van der Waals surface area contributed by atoms with Crippen LogP contribution in [0.5, 0.6) is 23.0 Å². The van der Waals surface area contributed by atoms with Crippen molar-refractivity contribution in [3.63, 3.8) is 0 Å². The number of allylic oxidation sites excluding steroid dienone is 1. The molecule has 0 aromatic heterocycles. The molecule has 1 aliphatic heterocycles. The first kappa shape index (κ1) is 32.4. The van der Waals surface area contributed by atoms with E-state index in [0.29, 0.717) is 58.1 Å². The summed E-state index contributed by atoms with van der Waals surface area (Å²) in [6.45, 7) is 9.68. The van der Waals surface area contributed by atoms with Crippen LogP contribution in [0.3, 0.4) is 0 Å². The number of aliphatic hydroxyl groups is 1. The molecule has 0 unspecified atom stereocenters. The standard InChI is InChI=1S/C29H37ClN4O8/c1-7-39-22-13-19(26-25(28(36)38-6)17(5)32-29(37)33-26)9-10-21(22)41-15-24(35)34-31-14-18-11-20(30)27(42-16(3)4)23(12-18)40-8-2/h9-14,16,24,26,34-35H,7-8,15H2,1-6H3,(H2,32,33,37)/b31-14+/t24-,26+/m1/s1. The Morgan fingerprint density at radius 3 is 2.50 bits per heavy atom. The highest BCUT2D eigenvalue weighted by atomic mass is 35.5. The molecule has 0 bridgehead atoms. The Morgan fingerprint density at radius 1 is 1.12 bits per heavy atom. The minimum Gasteiger partial charge on any atom is -0.490 e. The number of carbonyl (C=O) groups is 2. The predicted molar refractivity (Wildman–Crippen MR) is 157 cm³/mol. The first-order valence-electron chi connectivity index (χ1n) is 13.4. The zero-order valence-corrected chi connectivity index (χ0v) is 25.2. The van der Waals surface area contributed by atoms with Crippen molar-refractivity contribution < 1.29 is 38.4 Å². The van der Waals surface area contributed by atoms with E-state index < -0.39 is 24.3 Å².